The number of carboxylic acids is 1. The van der Waals surface area contributed by atoms with Crippen molar-refractivity contribution in [1.29, 1.82) is 0 Å². The average molecular weight is 499 g/mol. The number of nitrogens with one attached hydrogen (secondary N) is 1. The van der Waals surface area contributed by atoms with Crippen LogP contribution in [0.5, 0.6) is 5.75 Å². The van der Waals surface area contributed by atoms with Crippen molar-refractivity contribution in [3.8, 4) is 17.0 Å². The largest absolute Gasteiger partial charge is 0.493 e. The minimum atomic E-state index is -1.29. The molecule has 1 heterocycles. The Hall–Kier alpha value is -3.59. The molecule has 9 heteroatoms. The summed E-state index contributed by atoms with van der Waals surface area (Å²) in [6.45, 7) is 6.01. The van der Waals surface area contributed by atoms with Crippen LogP contribution >= 0.6 is 11.3 Å². The number of hydrogen-bond acceptors (Lipinski definition) is 5. The molecule has 2 aromatic carbocycles. The number of benzene rings is 2. The number of aromatic nitrogens is 1. The van der Waals surface area contributed by atoms with Crippen LogP contribution in [0.1, 0.15) is 47.1 Å². The van der Waals surface area contributed by atoms with E-state index in [0.29, 0.717) is 17.7 Å². The number of halogens is 2. The van der Waals surface area contributed by atoms with E-state index in [0.717, 1.165) is 58.5 Å². The molecule has 0 fully saturated rings. The summed E-state index contributed by atoms with van der Waals surface area (Å²) in [4.78, 5) is 29.3. The number of carbonyl (C=O) groups excluding carboxylic acids is 1. The summed E-state index contributed by atoms with van der Waals surface area (Å²) >= 11 is 1.32. The van der Waals surface area contributed by atoms with Crippen molar-refractivity contribution in [3.05, 3.63) is 69.1 Å². The highest BCUT2D eigenvalue weighted by atomic mass is 32.1. The molecule has 0 radical (unpaired) electrons. The number of amides is 1. The predicted octanol–water partition coefficient (Wildman–Crippen LogP) is 5.96. The number of rotatable bonds is 7. The maximum absolute atomic E-state index is 14.5. The van der Waals surface area contributed by atoms with Crippen LogP contribution < -0.4 is 10.1 Å². The first kappa shape index (κ1) is 24.5. The van der Waals surface area contributed by atoms with Gasteiger partial charge in [-0.15, -0.1) is 11.3 Å². The molecule has 182 valence electrons. The number of hydrogen-bond donors (Lipinski definition) is 2. The Morgan fingerprint density at radius 2 is 1.94 bits per heavy atom. The van der Waals surface area contributed by atoms with Crippen LogP contribution in [-0.2, 0) is 17.6 Å². The van der Waals surface area contributed by atoms with E-state index < -0.39 is 29.1 Å². The van der Waals surface area contributed by atoms with Crippen LogP contribution in [-0.4, -0.2) is 28.6 Å². The summed E-state index contributed by atoms with van der Waals surface area (Å²) < 4.78 is 34.9. The first-order valence-corrected chi connectivity index (χ1v) is 11.9. The quantitative estimate of drug-likeness (QED) is 0.392. The van der Waals surface area contributed by atoms with Crippen LogP contribution in [0.2, 0.25) is 0 Å². The molecule has 1 aromatic heterocycles. The van der Waals surface area contributed by atoms with Crippen LogP contribution in [0.25, 0.3) is 17.3 Å². The number of carboxylic acid groups (broad SMARTS) is 1. The topological polar surface area (TPSA) is 88.5 Å². The lowest BCUT2D eigenvalue weighted by molar-refractivity contribution is -0.132. The van der Waals surface area contributed by atoms with Crippen LogP contribution in [0, 0.1) is 17.6 Å². The zero-order chi connectivity index (χ0) is 25.3. The maximum atomic E-state index is 14.5. The van der Waals surface area contributed by atoms with E-state index in [1.54, 1.807) is 0 Å². The van der Waals surface area contributed by atoms with Crippen molar-refractivity contribution in [2.24, 2.45) is 5.92 Å². The van der Waals surface area contributed by atoms with Crippen LogP contribution in [0.15, 0.2) is 35.9 Å². The summed E-state index contributed by atoms with van der Waals surface area (Å²) in [7, 11) is 0. The van der Waals surface area contributed by atoms with Crippen molar-refractivity contribution in [2.75, 3.05) is 11.9 Å². The fourth-order valence-corrected chi connectivity index (χ4v) is 4.73. The SMILES string of the molecule is C/C(=C\c1c(F)cc(C(=O)Nc2nc3c(s2)CCc2c(OCC(C)C)cccc2-3)cc1F)C(=O)O. The van der Waals surface area contributed by atoms with E-state index in [1.165, 1.54) is 18.3 Å². The van der Waals surface area contributed by atoms with Crippen molar-refractivity contribution in [1.82, 2.24) is 4.98 Å². The van der Waals surface area contributed by atoms with E-state index in [1.807, 2.05) is 18.2 Å². The number of ether oxygens (including phenoxy) is 1. The van der Waals surface area contributed by atoms with Gasteiger partial charge in [0.15, 0.2) is 5.13 Å². The Bertz CT molecular complexity index is 1320. The van der Waals surface area contributed by atoms with E-state index in [2.05, 4.69) is 24.1 Å². The van der Waals surface area contributed by atoms with Gasteiger partial charge in [0.05, 0.1) is 12.3 Å². The number of thiazole rings is 1. The van der Waals surface area contributed by atoms with E-state index >= 15 is 0 Å². The molecule has 1 aliphatic carbocycles. The molecule has 0 aliphatic heterocycles. The zero-order valence-electron chi connectivity index (χ0n) is 19.4. The van der Waals surface area contributed by atoms with Crippen molar-refractivity contribution in [3.63, 3.8) is 0 Å². The summed E-state index contributed by atoms with van der Waals surface area (Å²) in [6.07, 6.45) is 2.42. The minimum Gasteiger partial charge on any atom is -0.493 e. The second-order valence-corrected chi connectivity index (χ2v) is 9.80. The predicted molar refractivity (Wildman–Crippen MR) is 131 cm³/mol. The van der Waals surface area contributed by atoms with Crippen molar-refractivity contribution < 1.29 is 28.2 Å². The normalized spacial score (nSPS) is 12.8. The minimum absolute atomic E-state index is 0.230. The van der Waals surface area contributed by atoms with Gasteiger partial charge in [0.25, 0.3) is 5.91 Å². The number of aliphatic carboxylic acids is 1. The number of aryl methyl sites for hydroxylation is 1. The van der Waals surface area contributed by atoms with E-state index in [4.69, 9.17) is 9.84 Å². The molecule has 2 N–H and O–H groups in total. The summed E-state index contributed by atoms with van der Waals surface area (Å²) in [6, 6.07) is 7.58. The van der Waals surface area contributed by atoms with Gasteiger partial charge in [0.1, 0.15) is 17.4 Å². The van der Waals surface area contributed by atoms with Crippen LogP contribution in [0.4, 0.5) is 13.9 Å². The summed E-state index contributed by atoms with van der Waals surface area (Å²) in [5.74, 6) is -2.84. The number of nitrogens with zero attached hydrogens (tertiary/aromatic N) is 1. The maximum Gasteiger partial charge on any atom is 0.331 e. The van der Waals surface area contributed by atoms with Gasteiger partial charge in [-0.3, -0.25) is 10.1 Å². The molecule has 0 atom stereocenters. The molecule has 0 bridgehead atoms. The Balaban J connectivity index is 1.57. The standard InChI is InChI=1S/C26H24F2N2O4S/c1-13(2)12-34-21-6-4-5-17-16(21)7-8-22-23(17)29-26(35-22)30-24(31)15-10-19(27)18(20(28)11-15)9-14(3)25(32)33/h4-6,9-11,13H,7-8,12H2,1-3H3,(H,32,33)(H,29,30,31)/b14-9+. The van der Waals surface area contributed by atoms with Gasteiger partial charge < -0.3 is 9.84 Å². The van der Waals surface area contributed by atoms with Crippen LogP contribution in [0.3, 0.4) is 0 Å². The van der Waals surface area contributed by atoms with Gasteiger partial charge in [-0.2, -0.15) is 0 Å². The molecular weight excluding hydrogens is 474 g/mol. The lowest BCUT2D eigenvalue weighted by Crippen LogP contribution is -2.13. The zero-order valence-corrected chi connectivity index (χ0v) is 20.3. The molecular formula is C26H24F2N2O4S. The molecule has 0 spiro atoms. The number of fused-ring (bicyclic) bond motifs is 3. The van der Waals surface area contributed by atoms with Gasteiger partial charge in [-0.1, -0.05) is 26.0 Å². The highest BCUT2D eigenvalue weighted by molar-refractivity contribution is 7.16. The van der Waals surface area contributed by atoms with Gasteiger partial charge in [0.2, 0.25) is 0 Å². The molecule has 0 saturated carbocycles. The molecule has 1 aliphatic rings. The second-order valence-electron chi connectivity index (χ2n) is 8.72. The van der Waals surface area contributed by atoms with Gasteiger partial charge >= 0.3 is 5.97 Å². The van der Waals surface area contributed by atoms with Gasteiger partial charge in [-0.25, -0.2) is 18.6 Å². The fraction of sp³-hybridized carbons (Fsp3) is 0.269. The first-order chi connectivity index (χ1) is 16.6. The van der Waals surface area contributed by atoms with E-state index in [-0.39, 0.29) is 11.1 Å². The molecule has 6 nitrogen and oxygen atoms in total. The van der Waals surface area contributed by atoms with Gasteiger partial charge in [0, 0.05) is 32.7 Å². The third kappa shape index (κ3) is 5.24. The second kappa shape index (κ2) is 9.95. The lowest BCUT2D eigenvalue weighted by atomic mass is 9.93. The summed E-state index contributed by atoms with van der Waals surface area (Å²) in [5.41, 5.74) is 1.82. The smallest absolute Gasteiger partial charge is 0.331 e. The molecule has 0 saturated heterocycles. The third-order valence-electron chi connectivity index (χ3n) is 5.52. The van der Waals surface area contributed by atoms with E-state index in [9.17, 15) is 18.4 Å². The number of carbonyl (C=O) groups is 2. The molecule has 0 unspecified atom stereocenters. The number of anilines is 1. The first-order valence-electron chi connectivity index (χ1n) is 11.1. The highest BCUT2D eigenvalue weighted by Crippen LogP contribution is 2.41. The molecule has 35 heavy (non-hydrogen) atoms. The molecule has 3 aromatic rings. The third-order valence-corrected chi connectivity index (χ3v) is 6.55. The summed E-state index contributed by atoms with van der Waals surface area (Å²) in [5, 5.41) is 11.9. The lowest BCUT2D eigenvalue weighted by Gasteiger charge is -2.19. The highest BCUT2D eigenvalue weighted by Gasteiger charge is 2.25. The van der Waals surface area contributed by atoms with Crippen molar-refractivity contribution >= 4 is 34.4 Å². The van der Waals surface area contributed by atoms with Crippen molar-refractivity contribution in [2.45, 2.75) is 33.6 Å². The Kier molecular flexibility index (Phi) is 6.98. The average Bonchev–Trinajstić information content (AvgIpc) is 3.22. The Labute approximate surface area is 205 Å². The fourth-order valence-electron chi connectivity index (χ4n) is 3.76. The molecule has 1 amide bonds. The Morgan fingerprint density at radius 1 is 1.23 bits per heavy atom. The monoisotopic (exact) mass is 498 g/mol. The molecule has 4 rings (SSSR count). The van der Waals surface area contributed by atoms with Gasteiger partial charge in [-0.05, 0) is 50.0 Å². The Morgan fingerprint density at radius 3 is 2.60 bits per heavy atom.